The summed E-state index contributed by atoms with van der Waals surface area (Å²) in [5.74, 6) is 8.21. The summed E-state index contributed by atoms with van der Waals surface area (Å²) in [6.45, 7) is 7.89. The molecule has 13 rings (SSSR count). The van der Waals surface area contributed by atoms with E-state index in [-0.39, 0.29) is 42.0 Å². The van der Waals surface area contributed by atoms with E-state index in [1.807, 2.05) is 58.0 Å². The molecular weight excluding hydrogens is 889 g/mol. The molecule has 70 heavy (non-hydrogen) atoms. The van der Waals surface area contributed by atoms with Gasteiger partial charge in [0.15, 0.2) is 6.04 Å². The number of nitrogens with one attached hydrogen (secondary N) is 6. The van der Waals surface area contributed by atoms with E-state index in [2.05, 4.69) is 31.9 Å². The number of amides is 6. The number of methoxy groups -OCH3 is 3. The summed E-state index contributed by atoms with van der Waals surface area (Å²) in [6, 6.07) is 7.45. The van der Waals surface area contributed by atoms with Gasteiger partial charge in [-0.05, 0) is 191 Å². The normalized spacial score (nSPS) is 35.4. The number of urea groups is 3. The summed E-state index contributed by atoms with van der Waals surface area (Å²) in [6.07, 6.45) is 19.9. The van der Waals surface area contributed by atoms with E-state index < -0.39 is 24.1 Å². The lowest BCUT2D eigenvalue weighted by molar-refractivity contribution is -0.144. The van der Waals surface area contributed by atoms with E-state index in [0.717, 1.165) is 41.1 Å². The first-order chi connectivity index (χ1) is 33.6. The summed E-state index contributed by atoms with van der Waals surface area (Å²) in [4.78, 5) is 73.1. The van der Waals surface area contributed by atoms with E-state index in [1.54, 1.807) is 0 Å². The molecule has 6 amide bonds. The molecular formula is C55H84N6O9. The van der Waals surface area contributed by atoms with Crippen LogP contribution in [0.25, 0.3) is 0 Å². The van der Waals surface area contributed by atoms with Crippen LogP contribution in [0.5, 0.6) is 0 Å². The highest BCUT2D eigenvalue weighted by Gasteiger charge is 2.51. The van der Waals surface area contributed by atoms with Crippen molar-refractivity contribution in [2.24, 2.45) is 82.9 Å². The number of carbonyl (C=O) groups excluding carboxylic acids is 6. The highest BCUT2D eigenvalue weighted by atomic mass is 16.5. The van der Waals surface area contributed by atoms with Gasteiger partial charge in [0.2, 0.25) is 0 Å². The second-order valence-electron chi connectivity index (χ2n) is 24.0. The van der Waals surface area contributed by atoms with Gasteiger partial charge in [0, 0.05) is 18.1 Å². The van der Waals surface area contributed by atoms with Crippen molar-refractivity contribution in [1.82, 2.24) is 31.9 Å². The first-order valence-corrected chi connectivity index (χ1v) is 27.1. The van der Waals surface area contributed by atoms with Gasteiger partial charge in [0.1, 0.15) is 12.1 Å². The van der Waals surface area contributed by atoms with Crippen molar-refractivity contribution in [2.75, 3.05) is 21.3 Å². The molecule has 6 N–H and O–H groups in total. The number of benzene rings is 1. The van der Waals surface area contributed by atoms with Crippen LogP contribution in [-0.4, -0.2) is 87.5 Å². The minimum absolute atomic E-state index is 0.0108. The first kappa shape index (κ1) is 51.8. The SMILES string of the molecule is COC(=O)C(NC(=O)NC1C2CC3CC(C2)CC1C3)C(C)C.COC(=O)C(NC(=O)NC1C2CC3CC(C2)CC1C3)c1ccccc1.COC(=O)[C@H](CC(C)C)NC(=O)NC1C2CC3CC(C2)CC1C3. The van der Waals surface area contributed by atoms with Crippen LogP contribution in [0.15, 0.2) is 30.3 Å². The van der Waals surface area contributed by atoms with Crippen LogP contribution in [-0.2, 0) is 28.6 Å². The van der Waals surface area contributed by atoms with Crippen LogP contribution in [0.3, 0.4) is 0 Å². The number of hydrogen-bond donors (Lipinski definition) is 6. The van der Waals surface area contributed by atoms with Crippen LogP contribution >= 0.6 is 0 Å². The minimum atomic E-state index is -0.775. The second-order valence-corrected chi connectivity index (χ2v) is 24.0. The second kappa shape index (κ2) is 22.9. The molecule has 12 aliphatic carbocycles. The zero-order chi connectivity index (χ0) is 49.8. The van der Waals surface area contributed by atoms with Crippen LogP contribution in [0, 0.1) is 82.9 Å². The van der Waals surface area contributed by atoms with Gasteiger partial charge in [0.05, 0.1) is 21.3 Å². The van der Waals surface area contributed by atoms with Gasteiger partial charge in [-0.1, -0.05) is 58.0 Å². The number of ether oxygens (including phenoxy) is 3. The van der Waals surface area contributed by atoms with Gasteiger partial charge in [-0.15, -0.1) is 0 Å². The molecule has 0 radical (unpaired) electrons. The molecule has 2 unspecified atom stereocenters. The van der Waals surface area contributed by atoms with Gasteiger partial charge in [-0.2, -0.15) is 0 Å². The van der Waals surface area contributed by atoms with E-state index in [0.29, 0.717) is 59.9 Å². The standard InChI is InChI=1S/C20H26N2O3.C18H30N2O3.C17H28N2O3/c1-25-19(23)18(14-5-3-2-4-6-14)22-20(24)21-17-15-8-12-7-13(10-15)11-16(17)9-12;1-10(2)4-15(17(21)23-3)19-18(22)20-16-13-6-11-5-12(8-13)9-14(16)7-11;1-9(2)14(16(20)22-3)18-17(21)19-15-12-5-10-4-11(7-12)8-13(15)6-10/h2-6,12-13,15-18H,7-11H2,1H3,(H2,21,22,24);10-16H,4-9H2,1-3H3,(H2,19,20,22);9-15H,4-8H2,1-3H3,(H2,18,19,21)/t;11?,12?,13?,14?,15-,16?;/m.0./s1. The summed E-state index contributed by atoms with van der Waals surface area (Å²) in [7, 11) is 4.07. The average molecular weight is 973 g/mol. The predicted molar refractivity (Wildman–Crippen MR) is 265 cm³/mol. The lowest BCUT2D eigenvalue weighted by Crippen LogP contribution is -2.59. The fraction of sp³-hybridized carbons (Fsp3) is 0.782. The fourth-order valence-electron chi connectivity index (χ4n) is 16.0. The fourth-order valence-corrected chi connectivity index (χ4v) is 16.0. The Kier molecular flexibility index (Phi) is 16.9. The highest BCUT2D eigenvalue weighted by Crippen LogP contribution is 2.56. The summed E-state index contributed by atoms with van der Waals surface area (Å²) in [5, 5.41) is 18.0. The molecule has 0 heterocycles. The summed E-state index contributed by atoms with van der Waals surface area (Å²) in [5.41, 5.74) is 0.731. The molecule has 12 saturated carbocycles. The first-order valence-electron chi connectivity index (χ1n) is 27.1. The molecule has 12 aliphatic rings. The maximum atomic E-state index is 12.6. The van der Waals surface area contributed by atoms with Gasteiger partial charge in [0.25, 0.3) is 0 Å². The molecule has 0 spiro atoms. The summed E-state index contributed by atoms with van der Waals surface area (Å²) < 4.78 is 14.5. The molecule has 388 valence electrons. The maximum absolute atomic E-state index is 12.6. The van der Waals surface area contributed by atoms with Gasteiger partial charge in [-0.3, -0.25) is 0 Å². The quantitative estimate of drug-likeness (QED) is 0.0836. The van der Waals surface area contributed by atoms with Crippen LogP contribution in [0.2, 0.25) is 0 Å². The van der Waals surface area contributed by atoms with Crippen LogP contribution in [0.4, 0.5) is 14.4 Å². The smallest absolute Gasteiger partial charge is 0.333 e. The topological polar surface area (TPSA) is 202 Å². The van der Waals surface area contributed by atoms with E-state index in [1.165, 1.54) is 118 Å². The predicted octanol–water partition coefficient (Wildman–Crippen LogP) is 8.03. The minimum Gasteiger partial charge on any atom is -0.467 e. The molecule has 15 nitrogen and oxygen atoms in total. The molecule has 15 heteroatoms. The van der Waals surface area contributed by atoms with E-state index in [9.17, 15) is 28.8 Å². The van der Waals surface area contributed by atoms with E-state index in [4.69, 9.17) is 14.2 Å². The van der Waals surface area contributed by atoms with Crippen molar-refractivity contribution in [1.29, 1.82) is 0 Å². The van der Waals surface area contributed by atoms with E-state index >= 15 is 0 Å². The Hall–Kier alpha value is -4.56. The molecule has 12 bridgehead atoms. The van der Waals surface area contributed by atoms with Crippen LogP contribution < -0.4 is 31.9 Å². The maximum Gasteiger partial charge on any atom is 0.333 e. The van der Waals surface area contributed by atoms with Crippen molar-refractivity contribution < 1.29 is 43.0 Å². The van der Waals surface area contributed by atoms with Gasteiger partial charge >= 0.3 is 36.0 Å². The molecule has 1 aromatic rings. The zero-order valence-corrected chi connectivity index (χ0v) is 42.9. The molecule has 0 aliphatic heterocycles. The number of esters is 3. The summed E-state index contributed by atoms with van der Waals surface area (Å²) >= 11 is 0. The van der Waals surface area contributed by atoms with Gasteiger partial charge in [-0.25, -0.2) is 28.8 Å². The largest absolute Gasteiger partial charge is 0.467 e. The third-order valence-corrected chi connectivity index (χ3v) is 18.3. The van der Waals surface area contributed by atoms with Crippen molar-refractivity contribution in [2.45, 2.75) is 167 Å². The van der Waals surface area contributed by atoms with Crippen molar-refractivity contribution in [3.8, 4) is 0 Å². The Balaban J connectivity index is 0.000000142. The Labute approximate surface area is 416 Å². The lowest BCUT2D eigenvalue weighted by Gasteiger charge is -2.54. The third kappa shape index (κ3) is 12.4. The lowest BCUT2D eigenvalue weighted by atomic mass is 9.54. The molecule has 0 aromatic heterocycles. The van der Waals surface area contributed by atoms with Crippen LogP contribution in [0.1, 0.15) is 142 Å². The Bertz CT molecular complexity index is 1910. The van der Waals surface area contributed by atoms with Crippen molar-refractivity contribution in [3.05, 3.63) is 35.9 Å². The molecule has 3 atom stereocenters. The van der Waals surface area contributed by atoms with Crippen molar-refractivity contribution >= 4 is 36.0 Å². The van der Waals surface area contributed by atoms with Crippen molar-refractivity contribution in [3.63, 3.8) is 0 Å². The number of rotatable bonds is 13. The highest BCUT2D eigenvalue weighted by molar-refractivity contribution is 5.85. The molecule has 0 saturated heterocycles. The molecule has 12 fully saturated rings. The zero-order valence-electron chi connectivity index (χ0n) is 42.9. The number of carbonyl (C=O) groups is 6. The number of hydrogen-bond acceptors (Lipinski definition) is 9. The monoisotopic (exact) mass is 973 g/mol. The Morgan fingerprint density at radius 2 is 0.800 bits per heavy atom. The van der Waals surface area contributed by atoms with Gasteiger partial charge < -0.3 is 46.1 Å². The third-order valence-electron chi connectivity index (χ3n) is 18.3. The average Bonchev–Trinajstić information content (AvgIpc) is 3.32. The molecule has 1 aromatic carbocycles. The Morgan fingerprint density at radius 1 is 0.457 bits per heavy atom. The Morgan fingerprint density at radius 3 is 1.13 bits per heavy atom.